The van der Waals surface area contributed by atoms with Gasteiger partial charge >= 0.3 is 0 Å². The Morgan fingerprint density at radius 2 is 1.92 bits per heavy atom. The molecule has 0 aromatic rings. The predicted octanol–water partition coefficient (Wildman–Crippen LogP) is 0.832. The molecule has 0 aromatic carbocycles. The van der Waals surface area contributed by atoms with Crippen LogP contribution in [-0.2, 0) is 9.59 Å². The number of amides is 1. The highest BCUT2D eigenvalue weighted by Gasteiger charge is 2.35. The first kappa shape index (κ1) is 9.23. The molecule has 1 amide bonds. The van der Waals surface area contributed by atoms with Crippen LogP contribution in [0.25, 0.3) is 0 Å². The summed E-state index contributed by atoms with van der Waals surface area (Å²) in [6, 6.07) is -0.164. The second kappa shape index (κ2) is 3.25. The van der Waals surface area contributed by atoms with E-state index in [-0.39, 0.29) is 17.7 Å². The maximum Gasteiger partial charge on any atom is 0.220 e. The van der Waals surface area contributed by atoms with Crippen LogP contribution >= 0.6 is 0 Å². The number of Topliss-reactive ketones (excluding diaryl/α,β-unsaturated/α-hetero) is 1. The molecule has 1 rings (SSSR count). The minimum absolute atomic E-state index is 0.0135. The smallest absolute Gasteiger partial charge is 0.220 e. The summed E-state index contributed by atoms with van der Waals surface area (Å²) >= 11 is 0. The topological polar surface area (TPSA) is 37.4 Å². The molecule has 1 aliphatic rings. The monoisotopic (exact) mass is 169 g/mol. The molecule has 1 saturated heterocycles. The van der Waals surface area contributed by atoms with Gasteiger partial charge in [0.2, 0.25) is 5.91 Å². The van der Waals surface area contributed by atoms with E-state index >= 15 is 0 Å². The number of carbonyl (C=O) groups excluding carboxylic acids is 2. The second-order valence-electron chi connectivity index (χ2n) is 3.53. The van der Waals surface area contributed by atoms with Crippen LogP contribution in [0.5, 0.6) is 0 Å². The highest BCUT2D eigenvalue weighted by Crippen LogP contribution is 2.24. The van der Waals surface area contributed by atoms with Crippen LogP contribution in [0.2, 0.25) is 0 Å². The predicted molar refractivity (Wildman–Crippen MR) is 45.6 cm³/mol. The molecule has 0 bridgehead atoms. The van der Waals surface area contributed by atoms with Crippen molar-refractivity contribution in [3.63, 3.8) is 0 Å². The highest BCUT2D eigenvalue weighted by molar-refractivity contribution is 5.87. The van der Waals surface area contributed by atoms with Crippen LogP contribution < -0.4 is 0 Å². The van der Waals surface area contributed by atoms with Crippen molar-refractivity contribution in [2.45, 2.75) is 33.2 Å². The quantitative estimate of drug-likeness (QED) is 0.583. The Kier molecular flexibility index (Phi) is 2.50. The number of nitrogens with zero attached hydrogens (tertiary/aromatic N) is 1. The fraction of sp³-hybridized carbons (Fsp3) is 0.778. The molecule has 68 valence electrons. The van der Waals surface area contributed by atoms with Crippen LogP contribution in [0, 0.1) is 5.92 Å². The van der Waals surface area contributed by atoms with E-state index in [1.165, 1.54) is 6.92 Å². The summed E-state index contributed by atoms with van der Waals surface area (Å²) in [7, 11) is 0. The lowest BCUT2D eigenvalue weighted by molar-refractivity contribution is -0.135. The molecular formula is C9H15NO2. The maximum absolute atomic E-state index is 11.2. The Morgan fingerprint density at radius 1 is 1.33 bits per heavy atom. The first-order chi connectivity index (χ1) is 5.54. The van der Waals surface area contributed by atoms with E-state index in [2.05, 4.69) is 0 Å². The van der Waals surface area contributed by atoms with Crippen molar-refractivity contribution in [3.8, 4) is 0 Å². The molecule has 0 unspecified atom stereocenters. The Morgan fingerprint density at radius 3 is 2.25 bits per heavy atom. The average molecular weight is 169 g/mol. The molecule has 0 radical (unpaired) electrons. The summed E-state index contributed by atoms with van der Waals surface area (Å²) < 4.78 is 0. The number of hydrogen-bond donors (Lipinski definition) is 0. The number of hydrogen-bond acceptors (Lipinski definition) is 2. The van der Waals surface area contributed by atoms with E-state index in [4.69, 9.17) is 0 Å². The fourth-order valence-corrected chi connectivity index (χ4v) is 1.92. The number of ketones is 1. The molecule has 0 spiro atoms. The van der Waals surface area contributed by atoms with Gasteiger partial charge in [0.1, 0.15) is 0 Å². The van der Waals surface area contributed by atoms with E-state index < -0.39 is 0 Å². The lowest BCUT2D eigenvalue weighted by Crippen LogP contribution is -2.40. The lowest BCUT2D eigenvalue weighted by atomic mass is 10.00. The zero-order chi connectivity index (χ0) is 9.30. The van der Waals surface area contributed by atoms with Crippen molar-refractivity contribution in [1.82, 2.24) is 4.90 Å². The summed E-state index contributed by atoms with van der Waals surface area (Å²) in [6.45, 7) is 5.84. The van der Waals surface area contributed by atoms with Crippen LogP contribution in [-0.4, -0.2) is 29.2 Å². The van der Waals surface area contributed by atoms with E-state index in [0.29, 0.717) is 5.92 Å². The Bertz CT molecular complexity index is 213. The summed E-state index contributed by atoms with van der Waals surface area (Å²) in [6.07, 6.45) is 0.948. The van der Waals surface area contributed by atoms with Gasteiger partial charge in [-0.2, -0.15) is 0 Å². The van der Waals surface area contributed by atoms with Gasteiger partial charge in [-0.15, -0.1) is 0 Å². The van der Waals surface area contributed by atoms with Gasteiger partial charge in [-0.25, -0.2) is 0 Å². The number of rotatable bonds is 1. The van der Waals surface area contributed by atoms with E-state index in [1.54, 1.807) is 11.8 Å². The summed E-state index contributed by atoms with van der Waals surface area (Å²) in [5.74, 6) is 0.446. The summed E-state index contributed by atoms with van der Waals surface area (Å²) in [4.78, 5) is 23.9. The normalized spacial score (nSPS) is 29.1. The second-order valence-corrected chi connectivity index (χ2v) is 3.53. The standard InChI is InChI=1S/C9H15NO2/c1-6-4-5-10(8(3)12)9(6)7(2)11/h6,9H,4-5H2,1-3H3/t6-,9-/m0/s1. The van der Waals surface area contributed by atoms with Crippen LogP contribution in [0.15, 0.2) is 0 Å². The molecule has 1 aliphatic heterocycles. The minimum Gasteiger partial charge on any atom is -0.333 e. The van der Waals surface area contributed by atoms with Crippen molar-refractivity contribution >= 4 is 11.7 Å². The summed E-state index contributed by atoms with van der Waals surface area (Å²) in [5, 5.41) is 0. The molecule has 1 heterocycles. The van der Waals surface area contributed by atoms with Crippen LogP contribution in [0.1, 0.15) is 27.2 Å². The molecular weight excluding hydrogens is 154 g/mol. The van der Waals surface area contributed by atoms with Gasteiger partial charge in [0.15, 0.2) is 5.78 Å². The fourth-order valence-electron chi connectivity index (χ4n) is 1.92. The molecule has 0 saturated carbocycles. The Labute approximate surface area is 72.7 Å². The van der Waals surface area contributed by atoms with Gasteiger partial charge in [0.05, 0.1) is 6.04 Å². The zero-order valence-electron chi connectivity index (χ0n) is 7.83. The van der Waals surface area contributed by atoms with Gasteiger partial charge in [-0.1, -0.05) is 6.92 Å². The molecule has 0 N–H and O–H groups in total. The number of carbonyl (C=O) groups is 2. The molecule has 0 aromatic heterocycles. The van der Waals surface area contributed by atoms with E-state index in [0.717, 1.165) is 13.0 Å². The third-order valence-corrected chi connectivity index (χ3v) is 2.52. The van der Waals surface area contributed by atoms with Gasteiger partial charge in [0.25, 0.3) is 0 Å². The average Bonchev–Trinajstić information content (AvgIpc) is 2.30. The van der Waals surface area contributed by atoms with Crippen molar-refractivity contribution in [2.75, 3.05) is 6.54 Å². The third-order valence-electron chi connectivity index (χ3n) is 2.52. The molecule has 3 heteroatoms. The first-order valence-electron chi connectivity index (χ1n) is 4.31. The third kappa shape index (κ3) is 1.49. The van der Waals surface area contributed by atoms with Gasteiger partial charge < -0.3 is 4.90 Å². The largest absolute Gasteiger partial charge is 0.333 e. The van der Waals surface area contributed by atoms with E-state index in [1.807, 2.05) is 6.92 Å². The molecule has 12 heavy (non-hydrogen) atoms. The molecule has 3 nitrogen and oxygen atoms in total. The Balaban J connectivity index is 2.77. The van der Waals surface area contributed by atoms with Gasteiger partial charge in [-0.3, -0.25) is 9.59 Å². The first-order valence-corrected chi connectivity index (χ1v) is 4.31. The van der Waals surface area contributed by atoms with Crippen molar-refractivity contribution in [1.29, 1.82) is 0 Å². The molecule has 1 fully saturated rings. The van der Waals surface area contributed by atoms with Crippen LogP contribution in [0.4, 0.5) is 0 Å². The van der Waals surface area contributed by atoms with E-state index in [9.17, 15) is 9.59 Å². The number of likely N-dealkylation sites (tertiary alicyclic amines) is 1. The summed E-state index contributed by atoms with van der Waals surface area (Å²) in [5.41, 5.74) is 0. The SMILES string of the molecule is CC(=O)[C@@H]1[C@@H](C)CCN1C(C)=O. The highest BCUT2D eigenvalue weighted by atomic mass is 16.2. The zero-order valence-corrected chi connectivity index (χ0v) is 7.83. The van der Waals surface area contributed by atoms with Gasteiger partial charge in [-0.05, 0) is 19.3 Å². The van der Waals surface area contributed by atoms with Crippen molar-refractivity contribution in [3.05, 3.63) is 0 Å². The van der Waals surface area contributed by atoms with Crippen LogP contribution in [0.3, 0.4) is 0 Å². The molecule has 0 aliphatic carbocycles. The minimum atomic E-state index is -0.164. The van der Waals surface area contributed by atoms with Crippen molar-refractivity contribution in [2.24, 2.45) is 5.92 Å². The van der Waals surface area contributed by atoms with Gasteiger partial charge in [0, 0.05) is 13.5 Å². The maximum atomic E-state index is 11.2. The molecule has 2 atom stereocenters. The lowest BCUT2D eigenvalue weighted by Gasteiger charge is -2.22. The van der Waals surface area contributed by atoms with Crippen molar-refractivity contribution < 1.29 is 9.59 Å². The Hall–Kier alpha value is -0.860.